The summed E-state index contributed by atoms with van der Waals surface area (Å²) in [6, 6.07) is 6.13. The predicted molar refractivity (Wildman–Crippen MR) is 99.1 cm³/mol. The second-order valence-corrected chi connectivity index (χ2v) is 7.83. The summed E-state index contributed by atoms with van der Waals surface area (Å²) in [5.41, 5.74) is 5.28. The third-order valence-corrected chi connectivity index (χ3v) is 6.33. The van der Waals surface area contributed by atoms with Crippen LogP contribution in [0.2, 0.25) is 0 Å². The monoisotopic (exact) mass is 346 g/mol. The highest BCUT2D eigenvalue weighted by molar-refractivity contribution is 7.80. The molecular weight excluding hydrogens is 324 g/mol. The molecule has 128 valence electrons. The summed E-state index contributed by atoms with van der Waals surface area (Å²) in [4.78, 5) is 10.2. The van der Waals surface area contributed by atoms with Crippen LogP contribution >= 0.6 is 12.2 Å². The maximum atomic E-state index is 10.7. The highest BCUT2D eigenvalue weighted by Gasteiger charge is 2.59. The van der Waals surface area contributed by atoms with Gasteiger partial charge in [-0.1, -0.05) is 20.8 Å². The summed E-state index contributed by atoms with van der Waals surface area (Å²) >= 11 is 5.27. The van der Waals surface area contributed by atoms with E-state index in [1.165, 1.54) is 30.7 Å². The zero-order chi connectivity index (χ0) is 17.5. The van der Waals surface area contributed by atoms with E-state index in [9.17, 15) is 10.1 Å². The van der Waals surface area contributed by atoms with Crippen LogP contribution in [0.15, 0.2) is 29.4 Å². The van der Waals surface area contributed by atoms with Crippen molar-refractivity contribution < 1.29 is 4.92 Å². The minimum Gasteiger partial charge on any atom is -0.331 e. The van der Waals surface area contributed by atoms with Crippen molar-refractivity contribution in [3.05, 3.63) is 34.4 Å². The first kappa shape index (κ1) is 16.8. The third kappa shape index (κ3) is 2.66. The van der Waals surface area contributed by atoms with Crippen LogP contribution in [0.5, 0.6) is 0 Å². The highest BCUT2D eigenvalue weighted by atomic mass is 32.1. The van der Waals surface area contributed by atoms with Crippen molar-refractivity contribution in [2.45, 2.75) is 40.0 Å². The number of nitro groups is 1. The van der Waals surface area contributed by atoms with Gasteiger partial charge in [-0.3, -0.25) is 15.5 Å². The summed E-state index contributed by atoms with van der Waals surface area (Å²) in [6.45, 7) is 6.97. The van der Waals surface area contributed by atoms with E-state index < -0.39 is 4.92 Å². The van der Waals surface area contributed by atoms with Crippen molar-refractivity contribution in [1.29, 1.82) is 0 Å². The number of thiocarbonyl (C=S) groups is 1. The second kappa shape index (κ2) is 5.81. The molecule has 0 amide bonds. The lowest BCUT2D eigenvalue weighted by Gasteiger charge is -2.34. The Morgan fingerprint density at radius 3 is 2.50 bits per heavy atom. The quantitative estimate of drug-likeness (QED) is 0.490. The summed E-state index contributed by atoms with van der Waals surface area (Å²) in [7, 11) is 0. The summed E-state index contributed by atoms with van der Waals surface area (Å²) in [5.74, 6) is 0.694. The van der Waals surface area contributed by atoms with Crippen LogP contribution in [0, 0.1) is 26.9 Å². The van der Waals surface area contributed by atoms with Gasteiger partial charge < -0.3 is 5.32 Å². The summed E-state index contributed by atoms with van der Waals surface area (Å²) in [6.07, 6.45) is 3.47. The van der Waals surface area contributed by atoms with Crippen molar-refractivity contribution >= 4 is 34.4 Å². The maximum Gasteiger partial charge on any atom is 0.269 e. The maximum absolute atomic E-state index is 10.7. The Kier molecular flexibility index (Phi) is 4.07. The fraction of sp³-hybridized carbons (Fsp3) is 0.529. The van der Waals surface area contributed by atoms with Gasteiger partial charge in [-0.25, -0.2) is 0 Å². The first-order valence-corrected chi connectivity index (χ1v) is 8.53. The highest BCUT2D eigenvalue weighted by Crippen LogP contribution is 2.63. The van der Waals surface area contributed by atoms with E-state index in [2.05, 4.69) is 36.6 Å². The number of nitrogens with one attached hydrogen (secondary N) is 2. The van der Waals surface area contributed by atoms with Gasteiger partial charge in [0, 0.05) is 28.9 Å². The number of benzene rings is 1. The minimum absolute atomic E-state index is 0.0526. The molecule has 1 aromatic rings. The first-order chi connectivity index (χ1) is 11.2. The molecule has 2 bridgehead atoms. The van der Waals surface area contributed by atoms with E-state index in [4.69, 9.17) is 12.2 Å². The molecule has 2 N–H and O–H groups in total. The van der Waals surface area contributed by atoms with Gasteiger partial charge in [0.15, 0.2) is 5.11 Å². The molecule has 2 aliphatic rings. The van der Waals surface area contributed by atoms with Crippen LogP contribution in [-0.4, -0.2) is 15.7 Å². The minimum atomic E-state index is -0.427. The first-order valence-electron chi connectivity index (χ1n) is 8.12. The Hall–Kier alpha value is -2.02. The zero-order valence-corrected chi connectivity index (χ0v) is 14.9. The number of rotatable bonds is 3. The predicted octanol–water partition coefficient (Wildman–Crippen LogP) is 4.08. The number of non-ortho nitro benzene ring substituents is 1. The van der Waals surface area contributed by atoms with E-state index in [-0.39, 0.29) is 16.5 Å². The molecule has 0 radical (unpaired) electrons. The van der Waals surface area contributed by atoms with Gasteiger partial charge >= 0.3 is 0 Å². The Morgan fingerprint density at radius 2 is 2.00 bits per heavy atom. The van der Waals surface area contributed by atoms with Crippen LogP contribution in [0.3, 0.4) is 0 Å². The molecule has 6 nitrogen and oxygen atoms in total. The molecule has 0 aromatic heterocycles. The topological polar surface area (TPSA) is 79.6 Å². The van der Waals surface area contributed by atoms with Crippen molar-refractivity contribution in [3.8, 4) is 0 Å². The smallest absolute Gasteiger partial charge is 0.269 e. The van der Waals surface area contributed by atoms with Gasteiger partial charge in [0.05, 0.1) is 4.92 Å². The van der Waals surface area contributed by atoms with Gasteiger partial charge in [-0.2, -0.15) is 5.10 Å². The Bertz CT molecular complexity index is 714. The number of anilines is 1. The summed E-state index contributed by atoms with van der Waals surface area (Å²) < 4.78 is 0. The molecule has 2 atom stereocenters. The van der Waals surface area contributed by atoms with Crippen molar-refractivity contribution in [2.24, 2.45) is 21.8 Å². The van der Waals surface area contributed by atoms with Gasteiger partial charge in [0.25, 0.3) is 5.69 Å². The van der Waals surface area contributed by atoms with Crippen LogP contribution < -0.4 is 10.7 Å². The number of hydrogen-bond donors (Lipinski definition) is 2. The van der Waals surface area contributed by atoms with E-state index in [1.54, 1.807) is 12.1 Å². The van der Waals surface area contributed by atoms with Crippen LogP contribution in [0.1, 0.15) is 40.0 Å². The van der Waals surface area contributed by atoms with Crippen molar-refractivity contribution in [2.75, 3.05) is 5.32 Å². The molecule has 0 aliphatic heterocycles. The van der Waals surface area contributed by atoms with Crippen LogP contribution in [0.25, 0.3) is 0 Å². The zero-order valence-electron chi connectivity index (χ0n) is 14.1. The number of hydrogen-bond acceptors (Lipinski definition) is 4. The van der Waals surface area contributed by atoms with Gasteiger partial charge in [0.2, 0.25) is 0 Å². The van der Waals surface area contributed by atoms with Crippen LogP contribution in [0.4, 0.5) is 11.4 Å². The molecule has 0 saturated heterocycles. The molecule has 2 aliphatic carbocycles. The molecule has 24 heavy (non-hydrogen) atoms. The lowest BCUT2D eigenvalue weighted by Crippen LogP contribution is -2.34. The standard InChI is InChI=1S/C17H22N4O2S/c1-16(2)11-8-9-17(16,3)14(10-11)19-20-15(24)18-12-4-6-13(7-5-12)21(22)23/h4-7,11H,8-10H2,1-3H3,(H2,18,20,24)/b19-14+/t11-,17+/m0/s1. The van der Waals surface area contributed by atoms with E-state index in [1.807, 2.05) is 0 Å². The Morgan fingerprint density at radius 1 is 1.33 bits per heavy atom. The molecule has 0 unspecified atom stereocenters. The van der Waals surface area contributed by atoms with E-state index >= 15 is 0 Å². The van der Waals surface area contributed by atoms with E-state index in [0.29, 0.717) is 16.7 Å². The Balaban J connectivity index is 1.63. The molecule has 7 heteroatoms. The molecule has 0 heterocycles. The average molecular weight is 346 g/mol. The van der Waals surface area contributed by atoms with E-state index in [0.717, 1.165) is 6.42 Å². The molecular formula is C17H22N4O2S. The largest absolute Gasteiger partial charge is 0.331 e. The van der Waals surface area contributed by atoms with Gasteiger partial charge in [0.1, 0.15) is 0 Å². The molecule has 1 aromatic carbocycles. The third-order valence-electron chi connectivity index (χ3n) is 6.14. The van der Waals surface area contributed by atoms with Gasteiger partial charge in [-0.15, -0.1) is 0 Å². The number of fused-ring (bicyclic) bond motifs is 2. The fourth-order valence-electron chi connectivity index (χ4n) is 4.04. The normalized spacial score (nSPS) is 28.8. The number of nitrogens with zero attached hydrogens (tertiary/aromatic N) is 2. The molecule has 2 fully saturated rings. The lowest BCUT2D eigenvalue weighted by atomic mass is 9.70. The Labute approximate surface area is 146 Å². The molecule has 2 saturated carbocycles. The van der Waals surface area contributed by atoms with Gasteiger partial charge in [-0.05, 0) is 54.9 Å². The average Bonchev–Trinajstić information content (AvgIpc) is 2.86. The number of nitro benzene ring substituents is 1. The summed E-state index contributed by atoms with van der Waals surface area (Å²) in [5, 5.41) is 18.6. The SMILES string of the molecule is CC1(C)[C@H]2CC[C@]1(C)/C(=N/NC(=S)Nc1ccc([N+](=O)[O-])cc1)C2. The van der Waals surface area contributed by atoms with Crippen molar-refractivity contribution in [3.63, 3.8) is 0 Å². The molecule has 0 spiro atoms. The fourth-order valence-corrected chi connectivity index (χ4v) is 4.20. The molecule has 3 rings (SSSR count). The number of hydrazone groups is 1. The second-order valence-electron chi connectivity index (χ2n) is 7.42. The lowest BCUT2D eigenvalue weighted by molar-refractivity contribution is -0.384. The van der Waals surface area contributed by atoms with Crippen molar-refractivity contribution in [1.82, 2.24) is 5.43 Å². The van der Waals surface area contributed by atoms with Crippen LogP contribution in [-0.2, 0) is 0 Å².